The summed E-state index contributed by atoms with van der Waals surface area (Å²) in [5.74, 6) is 1.05. The van der Waals surface area contributed by atoms with E-state index in [2.05, 4.69) is 33.9 Å². The first-order chi connectivity index (χ1) is 16.9. The number of nitrogens with zero attached hydrogens (tertiary/aromatic N) is 4. The molecule has 1 aliphatic heterocycles. The number of rotatable bonds is 5. The van der Waals surface area contributed by atoms with Crippen molar-refractivity contribution in [3.05, 3.63) is 59.2 Å². The Labute approximate surface area is 206 Å². The zero-order valence-electron chi connectivity index (χ0n) is 20.6. The lowest BCUT2D eigenvalue weighted by Crippen LogP contribution is -2.38. The number of carbonyl (C=O) groups excluding carboxylic acids is 1. The highest BCUT2D eigenvalue weighted by molar-refractivity contribution is 6.07. The van der Waals surface area contributed by atoms with Crippen LogP contribution >= 0.6 is 0 Å². The Morgan fingerprint density at radius 1 is 1.14 bits per heavy atom. The Hall–Kier alpha value is -2.93. The number of nitrogens with two attached hydrogens (primary N) is 1. The third-order valence-corrected chi connectivity index (χ3v) is 7.80. The molecule has 6 nitrogen and oxygen atoms in total. The van der Waals surface area contributed by atoms with Crippen LogP contribution in [0, 0.1) is 11.7 Å². The number of hydrogen-bond donors (Lipinski definition) is 1. The van der Waals surface area contributed by atoms with Gasteiger partial charge in [-0.25, -0.2) is 4.39 Å². The summed E-state index contributed by atoms with van der Waals surface area (Å²) in [6, 6.07) is 7.18. The van der Waals surface area contributed by atoms with Crippen LogP contribution in [0.2, 0.25) is 0 Å². The topological polar surface area (TPSA) is 85.0 Å². The lowest BCUT2D eigenvalue weighted by molar-refractivity contribution is 0.0993. The van der Waals surface area contributed by atoms with Crippen molar-refractivity contribution in [3.63, 3.8) is 0 Å². The van der Waals surface area contributed by atoms with E-state index < -0.39 is 0 Å². The van der Waals surface area contributed by atoms with Crippen LogP contribution in [-0.4, -0.2) is 39.6 Å². The molecular weight excluding hydrogens is 441 g/mol. The monoisotopic (exact) mass is 475 g/mol. The van der Waals surface area contributed by atoms with Crippen LogP contribution in [-0.2, 0) is 6.42 Å². The van der Waals surface area contributed by atoms with Crippen LogP contribution in [0.5, 0.6) is 0 Å². The maximum Gasteiger partial charge on any atom is 0.169 e. The first-order valence-electron chi connectivity index (χ1n) is 12.8. The molecule has 1 aliphatic carbocycles. The standard InChI is InChI=1S/C28H34FN5O/c1-17-11-19(13-21(30)12-17)22-8-9-31-16-20(22)14-26(35)23-6-7-25(29)24-15-27(32-33-28(23)24)34-10-4-3-5-18(34)2/h6-9,15-19,21H,3-5,10-14,30H2,1-2H3/t17-,18?,19+,21-/m0/s1. The van der Waals surface area contributed by atoms with Crippen molar-refractivity contribution in [2.45, 2.75) is 76.8 Å². The molecule has 3 aromatic rings. The molecule has 0 bridgehead atoms. The Bertz CT molecular complexity index is 1220. The predicted molar refractivity (Wildman–Crippen MR) is 136 cm³/mol. The molecule has 0 spiro atoms. The fourth-order valence-electron chi connectivity index (χ4n) is 6.05. The second kappa shape index (κ2) is 9.97. The first-order valence-corrected chi connectivity index (χ1v) is 12.8. The van der Waals surface area contributed by atoms with Gasteiger partial charge in [-0.3, -0.25) is 9.78 Å². The minimum Gasteiger partial charge on any atom is -0.352 e. The zero-order valence-corrected chi connectivity index (χ0v) is 20.6. The van der Waals surface area contributed by atoms with Crippen molar-refractivity contribution < 1.29 is 9.18 Å². The molecule has 1 aromatic carbocycles. The summed E-state index contributed by atoms with van der Waals surface area (Å²) in [6.45, 7) is 5.28. The molecule has 3 heterocycles. The molecular formula is C28H34FN5O. The molecule has 1 saturated heterocycles. The normalized spacial score (nSPS) is 25.1. The molecule has 5 rings (SSSR count). The van der Waals surface area contributed by atoms with E-state index in [1.807, 2.05) is 6.07 Å². The Kier molecular flexibility index (Phi) is 6.78. The number of carbonyl (C=O) groups is 1. The number of anilines is 1. The van der Waals surface area contributed by atoms with Crippen LogP contribution in [0.15, 0.2) is 36.7 Å². The van der Waals surface area contributed by atoms with E-state index in [4.69, 9.17) is 5.73 Å². The zero-order chi connectivity index (χ0) is 24.5. The van der Waals surface area contributed by atoms with Crippen LogP contribution < -0.4 is 10.6 Å². The molecule has 2 aliphatic rings. The van der Waals surface area contributed by atoms with Gasteiger partial charge in [0.2, 0.25) is 0 Å². The van der Waals surface area contributed by atoms with Gasteiger partial charge in [0.15, 0.2) is 11.6 Å². The summed E-state index contributed by atoms with van der Waals surface area (Å²) in [7, 11) is 0. The summed E-state index contributed by atoms with van der Waals surface area (Å²) < 4.78 is 14.9. The number of aromatic nitrogens is 3. The Morgan fingerprint density at radius 3 is 2.80 bits per heavy atom. The number of piperidine rings is 1. The number of ketones is 1. The highest BCUT2D eigenvalue weighted by atomic mass is 19.1. The number of hydrogen-bond acceptors (Lipinski definition) is 6. The first kappa shape index (κ1) is 23.8. The molecule has 2 aromatic heterocycles. The maximum atomic E-state index is 14.9. The summed E-state index contributed by atoms with van der Waals surface area (Å²) in [4.78, 5) is 20.0. The number of pyridine rings is 1. The van der Waals surface area contributed by atoms with Crippen molar-refractivity contribution in [2.24, 2.45) is 11.7 Å². The molecule has 1 unspecified atom stereocenters. The van der Waals surface area contributed by atoms with E-state index in [1.54, 1.807) is 18.5 Å². The van der Waals surface area contributed by atoms with Gasteiger partial charge in [0, 0.05) is 48.4 Å². The van der Waals surface area contributed by atoms with Crippen LogP contribution in [0.25, 0.3) is 10.9 Å². The fraction of sp³-hybridized carbons (Fsp3) is 0.500. The minimum atomic E-state index is -0.385. The lowest BCUT2D eigenvalue weighted by atomic mass is 9.75. The molecule has 2 N–H and O–H groups in total. The van der Waals surface area contributed by atoms with E-state index >= 15 is 0 Å². The molecule has 7 heteroatoms. The summed E-state index contributed by atoms with van der Waals surface area (Å²) in [6.07, 6.45) is 10.1. The van der Waals surface area contributed by atoms with Gasteiger partial charge in [-0.1, -0.05) is 6.92 Å². The van der Waals surface area contributed by atoms with Gasteiger partial charge in [0.1, 0.15) is 11.3 Å². The third-order valence-electron chi connectivity index (χ3n) is 7.80. The molecule has 0 radical (unpaired) electrons. The smallest absolute Gasteiger partial charge is 0.169 e. The van der Waals surface area contributed by atoms with E-state index in [9.17, 15) is 9.18 Å². The third kappa shape index (κ3) is 4.92. The van der Waals surface area contributed by atoms with Gasteiger partial charge in [-0.2, -0.15) is 0 Å². The van der Waals surface area contributed by atoms with Gasteiger partial charge in [-0.15, -0.1) is 10.2 Å². The van der Waals surface area contributed by atoms with Gasteiger partial charge in [-0.05, 0) is 92.7 Å². The predicted octanol–water partition coefficient (Wildman–Crippen LogP) is 5.20. The molecule has 2 fully saturated rings. The Morgan fingerprint density at radius 2 is 2.00 bits per heavy atom. The van der Waals surface area contributed by atoms with E-state index in [0.29, 0.717) is 40.2 Å². The van der Waals surface area contributed by atoms with Crippen LogP contribution in [0.4, 0.5) is 10.2 Å². The van der Waals surface area contributed by atoms with Gasteiger partial charge >= 0.3 is 0 Å². The van der Waals surface area contributed by atoms with Crippen molar-refractivity contribution in [1.82, 2.24) is 15.2 Å². The van der Waals surface area contributed by atoms with E-state index in [1.165, 1.54) is 18.6 Å². The highest BCUT2D eigenvalue weighted by Gasteiger charge is 2.28. The second-order valence-electron chi connectivity index (χ2n) is 10.5. The summed E-state index contributed by atoms with van der Waals surface area (Å²) >= 11 is 0. The van der Waals surface area contributed by atoms with Gasteiger partial charge < -0.3 is 10.6 Å². The van der Waals surface area contributed by atoms with Crippen molar-refractivity contribution >= 4 is 22.5 Å². The van der Waals surface area contributed by atoms with Crippen LogP contribution in [0.3, 0.4) is 0 Å². The number of benzene rings is 1. The quantitative estimate of drug-likeness (QED) is 0.511. The number of fused-ring (bicyclic) bond motifs is 1. The fourth-order valence-corrected chi connectivity index (χ4v) is 6.05. The van der Waals surface area contributed by atoms with E-state index in [0.717, 1.165) is 49.8 Å². The van der Waals surface area contributed by atoms with Crippen molar-refractivity contribution in [3.8, 4) is 0 Å². The summed E-state index contributed by atoms with van der Waals surface area (Å²) in [5.41, 5.74) is 9.09. The average Bonchev–Trinajstić information content (AvgIpc) is 2.84. The van der Waals surface area contributed by atoms with E-state index in [-0.39, 0.29) is 24.1 Å². The lowest BCUT2D eigenvalue weighted by Gasteiger charge is -2.34. The average molecular weight is 476 g/mol. The molecule has 0 amide bonds. The van der Waals surface area contributed by atoms with Crippen molar-refractivity contribution in [1.29, 1.82) is 0 Å². The molecule has 1 saturated carbocycles. The Balaban J connectivity index is 1.45. The summed E-state index contributed by atoms with van der Waals surface area (Å²) in [5, 5.41) is 9.12. The maximum absolute atomic E-state index is 14.9. The highest BCUT2D eigenvalue weighted by Crippen LogP contribution is 2.37. The molecule has 35 heavy (non-hydrogen) atoms. The van der Waals surface area contributed by atoms with Gasteiger partial charge in [0.05, 0.1) is 0 Å². The number of Topliss-reactive ketones (excluding diaryl/α,β-unsaturated/α-hetero) is 1. The second-order valence-corrected chi connectivity index (χ2v) is 10.5. The van der Waals surface area contributed by atoms with Crippen molar-refractivity contribution in [2.75, 3.05) is 11.4 Å². The van der Waals surface area contributed by atoms with Crippen LogP contribution in [0.1, 0.15) is 79.8 Å². The van der Waals surface area contributed by atoms with Gasteiger partial charge in [0.25, 0.3) is 0 Å². The molecule has 184 valence electrons. The largest absolute Gasteiger partial charge is 0.352 e. The molecule has 4 atom stereocenters. The SMILES string of the molecule is CC1CCCCN1c1cc2c(F)ccc(C(=O)Cc3cnccc3[C@@H]3C[C@H](C)C[C@H](N)C3)c2nn1. The minimum absolute atomic E-state index is 0.106. The number of halogens is 1.